The molecule has 0 unspecified atom stereocenters. The van der Waals surface area contributed by atoms with Gasteiger partial charge in [0.15, 0.2) is 5.96 Å². The summed E-state index contributed by atoms with van der Waals surface area (Å²) in [7, 11) is 1.64. The number of rotatable bonds is 8. The third kappa shape index (κ3) is 13.2. The summed E-state index contributed by atoms with van der Waals surface area (Å²) in [5.74, 6) is 0.533. The number of amides is 2. The van der Waals surface area contributed by atoms with Crippen molar-refractivity contribution < 1.29 is 14.3 Å². The topological polar surface area (TPSA) is 104 Å². The standard InChI is InChI=1S/C19H31N5O3.HI/c1-19(2,3)27-18(26)23-13-12-22-17(20-4)21-11-10-16(25)24-14-15-8-6-5-7-9-15;/h5-9H,10-14H2,1-4H3,(H,23,26)(H,24,25)(H2,20,21,22);1H. The molecule has 0 aliphatic heterocycles. The van der Waals surface area contributed by atoms with Gasteiger partial charge in [-0.25, -0.2) is 4.79 Å². The maximum atomic E-state index is 11.9. The van der Waals surface area contributed by atoms with Gasteiger partial charge in [-0.3, -0.25) is 9.79 Å². The highest BCUT2D eigenvalue weighted by Gasteiger charge is 2.15. The molecule has 0 aliphatic rings. The van der Waals surface area contributed by atoms with Crippen LogP contribution in [0.2, 0.25) is 0 Å². The monoisotopic (exact) mass is 505 g/mol. The highest BCUT2D eigenvalue weighted by Crippen LogP contribution is 2.05. The normalized spacial score (nSPS) is 11.1. The molecular weight excluding hydrogens is 473 g/mol. The van der Waals surface area contributed by atoms with E-state index in [-0.39, 0.29) is 29.9 Å². The number of alkyl carbamates (subject to hydrolysis) is 1. The Labute approximate surface area is 184 Å². The quantitative estimate of drug-likeness (QED) is 0.187. The van der Waals surface area contributed by atoms with Crippen LogP contribution in [0.25, 0.3) is 0 Å². The molecular formula is C19H32IN5O3. The summed E-state index contributed by atoms with van der Waals surface area (Å²) in [4.78, 5) is 27.5. The lowest BCUT2D eigenvalue weighted by Gasteiger charge is -2.19. The van der Waals surface area contributed by atoms with Crippen molar-refractivity contribution in [2.45, 2.75) is 39.3 Å². The fraction of sp³-hybridized carbons (Fsp3) is 0.526. The summed E-state index contributed by atoms with van der Waals surface area (Å²) in [6.45, 7) is 7.29. The van der Waals surface area contributed by atoms with Crippen molar-refractivity contribution in [3.8, 4) is 0 Å². The fourth-order valence-corrected chi connectivity index (χ4v) is 2.06. The minimum absolute atomic E-state index is 0. The van der Waals surface area contributed by atoms with Gasteiger partial charge in [-0.05, 0) is 26.3 Å². The van der Waals surface area contributed by atoms with E-state index in [1.165, 1.54) is 0 Å². The van der Waals surface area contributed by atoms with Crippen molar-refractivity contribution in [2.24, 2.45) is 4.99 Å². The first-order valence-corrected chi connectivity index (χ1v) is 9.02. The van der Waals surface area contributed by atoms with Crippen LogP contribution >= 0.6 is 24.0 Å². The Balaban J connectivity index is 0.00000729. The zero-order valence-corrected chi connectivity index (χ0v) is 19.3. The average Bonchev–Trinajstić information content (AvgIpc) is 2.61. The molecule has 28 heavy (non-hydrogen) atoms. The van der Waals surface area contributed by atoms with Crippen LogP contribution in [0.5, 0.6) is 0 Å². The molecule has 4 N–H and O–H groups in total. The molecule has 1 rings (SSSR count). The minimum Gasteiger partial charge on any atom is -0.444 e. The number of hydrogen-bond donors (Lipinski definition) is 4. The van der Waals surface area contributed by atoms with E-state index >= 15 is 0 Å². The second-order valence-corrected chi connectivity index (χ2v) is 6.87. The molecule has 0 aromatic heterocycles. The molecule has 1 aromatic rings. The van der Waals surface area contributed by atoms with E-state index in [1.54, 1.807) is 7.05 Å². The Bertz CT molecular complexity index is 618. The number of aliphatic imine (C=N–C) groups is 1. The lowest BCUT2D eigenvalue weighted by atomic mass is 10.2. The molecule has 0 spiro atoms. The predicted molar refractivity (Wildman–Crippen MR) is 122 cm³/mol. The second kappa shape index (κ2) is 14.0. The number of nitrogens with zero attached hydrogens (tertiary/aromatic N) is 1. The first kappa shape index (κ1) is 26.0. The van der Waals surface area contributed by atoms with E-state index in [4.69, 9.17) is 4.74 Å². The first-order valence-electron chi connectivity index (χ1n) is 9.02. The summed E-state index contributed by atoms with van der Waals surface area (Å²) in [6.07, 6.45) is -0.119. The molecule has 2 amide bonds. The smallest absolute Gasteiger partial charge is 0.407 e. The van der Waals surface area contributed by atoms with Crippen molar-refractivity contribution in [3.63, 3.8) is 0 Å². The minimum atomic E-state index is -0.518. The van der Waals surface area contributed by atoms with Gasteiger partial charge in [-0.15, -0.1) is 24.0 Å². The lowest BCUT2D eigenvalue weighted by Crippen LogP contribution is -2.43. The molecule has 8 nitrogen and oxygen atoms in total. The van der Waals surface area contributed by atoms with Gasteiger partial charge < -0.3 is 26.0 Å². The van der Waals surface area contributed by atoms with E-state index in [0.717, 1.165) is 5.56 Å². The number of benzene rings is 1. The van der Waals surface area contributed by atoms with Crippen molar-refractivity contribution in [2.75, 3.05) is 26.7 Å². The van der Waals surface area contributed by atoms with E-state index in [1.807, 2.05) is 51.1 Å². The third-order valence-electron chi connectivity index (χ3n) is 3.29. The predicted octanol–water partition coefficient (Wildman–Crippen LogP) is 2.00. The zero-order valence-electron chi connectivity index (χ0n) is 17.0. The van der Waals surface area contributed by atoms with Gasteiger partial charge in [0.25, 0.3) is 0 Å². The van der Waals surface area contributed by atoms with E-state index < -0.39 is 11.7 Å². The summed E-state index contributed by atoms with van der Waals surface area (Å²) >= 11 is 0. The number of hydrogen-bond acceptors (Lipinski definition) is 4. The van der Waals surface area contributed by atoms with Crippen LogP contribution in [0, 0.1) is 0 Å². The van der Waals surface area contributed by atoms with Crippen LogP contribution in [0.4, 0.5) is 4.79 Å². The van der Waals surface area contributed by atoms with Crippen molar-refractivity contribution in [3.05, 3.63) is 35.9 Å². The molecule has 0 saturated carbocycles. The molecule has 0 atom stereocenters. The van der Waals surface area contributed by atoms with Crippen LogP contribution in [0.1, 0.15) is 32.8 Å². The number of carbonyl (C=O) groups excluding carboxylic acids is 2. The van der Waals surface area contributed by atoms with Crippen molar-refractivity contribution >= 4 is 41.9 Å². The van der Waals surface area contributed by atoms with Crippen LogP contribution < -0.4 is 21.3 Å². The fourth-order valence-electron chi connectivity index (χ4n) is 2.06. The van der Waals surface area contributed by atoms with Gasteiger partial charge in [0.05, 0.1) is 0 Å². The Hall–Kier alpha value is -2.04. The summed E-state index contributed by atoms with van der Waals surface area (Å²) < 4.78 is 5.15. The summed E-state index contributed by atoms with van der Waals surface area (Å²) in [5.41, 5.74) is 0.546. The van der Waals surface area contributed by atoms with E-state index in [0.29, 0.717) is 38.6 Å². The molecule has 158 valence electrons. The maximum absolute atomic E-state index is 11.9. The first-order chi connectivity index (χ1) is 12.8. The van der Waals surface area contributed by atoms with Gasteiger partial charge in [0.1, 0.15) is 5.60 Å². The number of nitrogens with one attached hydrogen (secondary N) is 4. The number of halogens is 1. The second-order valence-electron chi connectivity index (χ2n) is 6.87. The third-order valence-corrected chi connectivity index (χ3v) is 3.29. The lowest BCUT2D eigenvalue weighted by molar-refractivity contribution is -0.121. The maximum Gasteiger partial charge on any atom is 0.407 e. The van der Waals surface area contributed by atoms with Crippen LogP contribution in [0.3, 0.4) is 0 Å². The molecule has 0 bridgehead atoms. The van der Waals surface area contributed by atoms with Gasteiger partial charge in [-0.1, -0.05) is 30.3 Å². The average molecular weight is 505 g/mol. The highest BCUT2D eigenvalue weighted by molar-refractivity contribution is 14.0. The SMILES string of the molecule is CN=C(NCCNC(=O)OC(C)(C)C)NCCC(=O)NCc1ccccc1.I. The van der Waals surface area contributed by atoms with Gasteiger partial charge in [0, 0.05) is 39.6 Å². The molecule has 9 heteroatoms. The van der Waals surface area contributed by atoms with E-state index in [2.05, 4.69) is 26.3 Å². The number of carbonyl (C=O) groups is 2. The molecule has 0 radical (unpaired) electrons. The molecule has 0 saturated heterocycles. The Kier molecular flexibility index (Phi) is 13.0. The van der Waals surface area contributed by atoms with Crippen LogP contribution in [-0.4, -0.2) is 50.2 Å². The summed E-state index contributed by atoms with van der Waals surface area (Å²) in [6, 6.07) is 9.76. The molecule has 0 fully saturated rings. The Morgan fingerprint density at radius 2 is 1.57 bits per heavy atom. The number of ether oxygens (including phenoxy) is 1. The largest absolute Gasteiger partial charge is 0.444 e. The van der Waals surface area contributed by atoms with Crippen LogP contribution in [0.15, 0.2) is 35.3 Å². The molecule has 0 aliphatic carbocycles. The Morgan fingerprint density at radius 1 is 0.964 bits per heavy atom. The Morgan fingerprint density at radius 3 is 2.18 bits per heavy atom. The molecule has 0 heterocycles. The number of guanidine groups is 1. The highest BCUT2D eigenvalue weighted by atomic mass is 127. The van der Waals surface area contributed by atoms with Gasteiger partial charge >= 0.3 is 6.09 Å². The van der Waals surface area contributed by atoms with Gasteiger partial charge in [0.2, 0.25) is 5.91 Å². The summed E-state index contributed by atoms with van der Waals surface area (Å²) in [5, 5.41) is 11.6. The van der Waals surface area contributed by atoms with Gasteiger partial charge in [-0.2, -0.15) is 0 Å². The van der Waals surface area contributed by atoms with Crippen molar-refractivity contribution in [1.29, 1.82) is 0 Å². The van der Waals surface area contributed by atoms with E-state index in [9.17, 15) is 9.59 Å². The van der Waals surface area contributed by atoms with Crippen LogP contribution in [-0.2, 0) is 16.1 Å². The van der Waals surface area contributed by atoms with Crippen molar-refractivity contribution in [1.82, 2.24) is 21.3 Å². The zero-order chi connectivity index (χ0) is 20.1. The molecule has 1 aromatic carbocycles.